The third kappa shape index (κ3) is 3.24. The number of fused-ring (bicyclic) bond motifs is 2. The van der Waals surface area contributed by atoms with Crippen LogP contribution < -0.4 is 4.90 Å². The zero-order chi connectivity index (χ0) is 18.1. The summed E-state index contributed by atoms with van der Waals surface area (Å²) in [6, 6.07) is 22.7. The zero-order valence-electron chi connectivity index (χ0n) is 14.6. The highest BCUT2D eigenvalue weighted by molar-refractivity contribution is 7.24. The minimum absolute atomic E-state index is 0.735. The number of hydrogen-bond donors (Lipinski definition) is 0. The fraction of sp³-hybridized carbons (Fsp3) is 0.0870. The predicted octanol–water partition coefficient (Wildman–Crippen LogP) is 6.45. The van der Waals surface area contributed by atoms with Gasteiger partial charge in [-0.25, -0.2) is 0 Å². The quantitative estimate of drug-likeness (QED) is 0.210. The summed E-state index contributed by atoms with van der Waals surface area (Å²) in [4.78, 5) is 2.08. The number of rotatable bonds is 1. The summed E-state index contributed by atoms with van der Waals surface area (Å²) in [7, 11) is 4.07. The molecule has 0 atom stereocenters. The van der Waals surface area contributed by atoms with E-state index in [1.165, 1.54) is 20.5 Å². The van der Waals surface area contributed by atoms with E-state index < -0.39 is 0 Å². The van der Waals surface area contributed by atoms with Gasteiger partial charge >= 0.3 is 0 Å². The molecule has 0 saturated carbocycles. The van der Waals surface area contributed by atoms with Gasteiger partial charge in [-0.2, -0.15) is 0 Å². The highest BCUT2D eigenvalue weighted by atomic mass is 35.5. The summed E-state index contributed by atoms with van der Waals surface area (Å²) in [5, 5.41) is 3.02. The summed E-state index contributed by atoms with van der Waals surface area (Å²) in [6.07, 6.45) is 0. The molecule has 0 amide bonds. The van der Waals surface area contributed by atoms with Crippen molar-refractivity contribution in [3.05, 3.63) is 82.9 Å². The average molecular weight is 375 g/mol. The Labute approximate surface area is 162 Å². The Morgan fingerprint density at radius 1 is 0.808 bits per heavy atom. The van der Waals surface area contributed by atoms with Crippen molar-refractivity contribution in [1.82, 2.24) is 0 Å². The molecular weight excluding hydrogens is 358 g/mol. The maximum absolute atomic E-state index is 6.26. The van der Waals surface area contributed by atoms with Crippen molar-refractivity contribution in [3.63, 3.8) is 0 Å². The Kier molecular flexibility index (Phi) is 4.51. The molecule has 0 spiro atoms. The van der Waals surface area contributed by atoms with Crippen LogP contribution in [-0.2, 0) is 0 Å². The van der Waals surface area contributed by atoms with Gasteiger partial charge in [0, 0.05) is 42.5 Å². The van der Waals surface area contributed by atoms with Crippen LogP contribution >= 0.6 is 22.9 Å². The molecule has 1 nitrogen and oxygen atoms in total. The molecular formula is C23H17ClNS+. The van der Waals surface area contributed by atoms with Crippen LogP contribution in [0.5, 0.6) is 0 Å². The molecule has 0 unspecified atom stereocenters. The summed E-state index contributed by atoms with van der Waals surface area (Å²) in [6.45, 7) is 0. The van der Waals surface area contributed by atoms with E-state index in [4.69, 9.17) is 11.6 Å². The molecule has 3 aromatic carbocycles. The van der Waals surface area contributed by atoms with Gasteiger partial charge in [-0.1, -0.05) is 35.6 Å². The third-order valence-corrected chi connectivity index (χ3v) is 5.69. The van der Waals surface area contributed by atoms with Gasteiger partial charge in [0.25, 0.3) is 0 Å². The monoisotopic (exact) mass is 374 g/mol. The normalized spacial score (nSPS) is 10.6. The first kappa shape index (κ1) is 16.8. The first-order valence-corrected chi connectivity index (χ1v) is 9.55. The molecule has 0 aliphatic rings. The molecule has 0 radical (unpaired) electrons. The Balaban J connectivity index is 1.90. The lowest BCUT2D eigenvalue weighted by molar-refractivity contribution is 1.13. The van der Waals surface area contributed by atoms with Gasteiger partial charge in [-0.15, -0.1) is 0 Å². The fourth-order valence-corrected chi connectivity index (χ4v) is 4.17. The fourth-order valence-electron chi connectivity index (χ4n) is 2.92. The van der Waals surface area contributed by atoms with Gasteiger partial charge in [-0.3, -0.25) is 0 Å². The highest BCUT2D eigenvalue weighted by Gasteiger charge is 2.16. The smallest absolute Gasteiger partial charge is 0.240 e. The molecule has 4 rings (SSSR count). The van der Waals surface area contributed by atoms with Gasteiger partial charge in [0.2, 0.25) is 20.7 Å². The van der Waals surface area contributed by atoms with Crippen LogP contribution in [0, 0.1) is 11.8 Å². The minimum atomic E-state index is 0.735. The van der Waals surface area contributed by atoms with Crippen LogP contribution in [0.25, 0.3) is 20.2 Å². The highest BCUT2D eigenvalue weighted by Crippen LogP contribution is 2.33. The van der Waals surface area contributed by atoms with Crippen molar-refractivity contribution in [1.29, 1.82) is 0 Å². The van der Waals surface area contributed by atoms with E-state index in [2.05, 4.69) is 71.3 Å². The number of hydrogen-bond acceptors (Lipinski definition) is 1. The van der Waals surface area contributed by atoms with Crippen LogP contribution in [-0.4, -0.2) is 14.1 Å². The van der Waals surface area contributed by atoms with E-state index in [1.807, 2.05) is 26.2 Å². The summed E-state index contributed by atoms with van der Waals surface area (Å²) >= 11 is 8.03. The van der Waals surface area contributed by atoms with Crippen molar-refractivity contribution in [2.24, 2.45) is 0 Å². The second-order valence-corrected chi connectivity index (χ2v) is 7.83. The van der Waals surface area contributed by atoms with Crippen LogP contribution in [0.1, 0.15) is 11.1 Å². The molecule has 1 heterocycles. The van der Waals surface area contributed by atoms with Gasteiger partial charge in [0.1, 0.15) is 0 Å². The largest absolute Gasteiger partial charge is 0.378 e. The lowest BCUT2D eigenvalue weighted by Gasteiger charge is -2.11. The second-order valence-electron chi connectivity index (χ2n) is 6.31. The summed E-state index contributed by atoms with van der Waals surface area (Å²) in [5.74, 6) is 6.73. The molecule has 126 valence electrons. The molecule has 3 heteroatoms. The first-order valence-electron chi connectivity index (χ1n) is 8.35. The van der Waals surface area contributed by atoms with E-state index in [-0.39, 0.29) is 0 Å². The molecule has 26 heavy (non-hydrogen) atoms. The van der Waals surface area contributed by atoms with Gasteiger partial charge < -0.3 is 4.90 Å². The van der Waals surface area contributed by atoms with Crippen LogP contribution in [0.15, 0.2) is 66.7 Å². The first-order chi connectivity index (χ1) is 12.6. The van der Waals surface area contributed by atoms with Crippen molar-refractivity contribution in [3.8, 4) is 11.8 Å². The number of nitrogens with zero attached hydrogens (tertiary/aromatic N) is 1. The zero-order valence-corrected chi connectivity index (χ0v) is 16.2. The Hall–Kier alpha value is -2.60. The molecule has 4 aromatic rings. The Bertz CT molecular complexity index is 1170. The summed E-state index contributed by atoms with van der Waals surface area (Å²) < 4.78 is 2.43. The van der Waals surface area contributed by atoms with Crippen LogP contribution in [0.3, 0.4) is 0 Å². The molecule has 0 N–H and O–H groups in total. The second kappa shape index (κ2) is 6.96. The molecule has 0 aliphatic carbocycles. The van der Waals surface area contributed by atoms with E-state index >= 15 is 0 Å². The van der Waals surface area contributed by atoms with E-state index in [0.29, 0.717) is 0 Å². The standard InChI is InChI=1S/C23H17ClNS/c1-25(2)18-11-7-16(8-12-18)9-13-19-20-5-3-4-6-22(20)26-23-14-10-17(24)15-21(19)23/h3-8,10-12,14-15H,1-2H3/q+1. The van der Waals surface area contributed by atoms with Crippen molar-refractivity contribution >= 4 is 48.8 Å². The minimum Gasteiger partial charge on any atom is -0.378 e. The van der Waals surface area contributed by atoms with E-state index in [1.54, 1.807) is 11.3 Å². The molecule has 0 bridgehead atoms. The lowest BCUT2D eigenvalue weighted by Crippen LogP contribution is -2.07. The van der Waals surface area contributed by atoms with Crippen molar-refractivity contribution in [2.45, 2.75) is 0 Å². The Morgan fingerprint density at radius 2 is 1.54 bits per heavy atom. The maximum Gasteiger partial charge on any atom is 0.240 e. The summed E-state index contributed by atoms with van der Waals surface area (Å²) in [5.41, 5.74) is 3.20. The van der Waals surface area contributed by atoms with Gasteiger partial charge in [-0.05, 0) is 42.5 Å². The van der Waals surface area contributed by atoms with E-state index in [0.717, 1.165) is 21.5 Å². The number of benzene rings is 3. The molecule has 0 fully saturated rings. The van der Waals surface area contributed by atoms with Crippen molar-refractivity contribution in [2.75, 3.05) is 19.0 Å². The maximum atomic E-state index is 6.26. The topological polar surface area (TPSA) is 3.24 Å². The van der Waals surface area contributed by atoms with Gasteiger partial charge in [0.05, 0.1) is 16.3 Å². The average Bonchev–Trinajstić information content (AvgIpc) is 2.65. The number of halogens is 1. The lowest BCUT2D eigenvalue weighted by atomic mass is 10.1. The van der Waals surface area contributed by atoms with Crippen LogP contribution in [0.4, 0.5) is 5.69 Å². The molecule has 0 saturated heterocycles. The number of anilines is 1. The molecule has 0 aliphatic heterocycles. The molecule has 1 aromatic heterocycles. The van der Waals surface area contributed by atoms with E-state index in [9.17, 15) is 0 Å². The van der Waals surface area contributed by atoms with Crippen LogP contribution in [0.2, 0.25) is 5.02 Å². The predicted molar refractivity (Wildman–Crippen MR) is 115 cm³/mol. The van der Waals surface area contributed by atoms with Crippen molar-refractivity contribution < 1.29 is 0 Å². The SMILES string of the molecule is CN(C)c1ccc(C#Cc2c3ccccc3[s+]c3ccc(Cl)cc23)cc1. The third-order valence-electron chi connectivity index (χ3n) is 4.30. The van der Waals surface area contributed by atoms with Gasteiger partial charge in [0.15, 0.2) is 0 Å². The Morgan fingerprint density at radius 3 is 2.31 bits per heavy atom.